The maximum absolute atomic E-state index is 10.4. The van der Waals surface area contributed by atoms with Crippen LogP contribution in [-0.4, -0.2) is 21.1 Å². The summed E-state index contributed by atoms with van der Waals surface area (Å²) < 4.78 is 5.94. The standard InChI is InChI=1S/C13H14N2O2S2.K/c1-13(2)11(16)10(15-12(18)19)8-5-7(6-14)3-4-9(8)17-13;/h3-5,10-11,16H,1-2H3,(H2,15,18,19);/q;+1/p-1. The van der Waals surface area contributed by atoms with E-state index >= 15 is 0 Å². The SMILES string of the molecule is CC1(C)Oc2ccc(C#N)cc2C(NC(=S)[S-])C1O.[K+]. The van der Waals surface area contributed by atoms with Crippen molar-refractivity contribution in [2.75, 3.05) is 0 Å². The van der Waals surface area contributed by atoms with E-state index in [2.05, 4.69) is 11.4 Å². The number of hydrogen-bond acceptors (Lipinski definition) is 5. The Morgan fingerprint density at radius 1 is 1.55 bits per heavy atom. The predicted molar refractivity (Wildman–Crippen MR) is 77.7 cm³/mol. The molecule has 1 aliphatic rings. The Bertz CT molecular complexity index is 572. The number of aliphatic hydroxyl groups excluding tert-OH is 1. The van der Waals surface area contributed by atoms with Gasteiger partial charge in [-0.2, -0.15) is 5.26 Å². The van der Waals surface area contributed by atoms with Gasteiger partial charge in [0.15, 0.2) is 0 Å². The van der Waals surface area contributed by atoms with Crippen LogP contribution in [0.25, 0.3) is 0 Å². The molecule has 2 atom stereocenters. The Morgan fingerprint density at radius 3 is 2.75 bits per heavy atom. The molecule has 1 heterocycles. The molecule has 0 radical (unpaired) electrons. The molecule has 0 fully saturated rings. The summed E-state index contributed by atoms with van der Waals surface area (Å²) in [7, 11) is 0. The smallest absolute Gasteiger partial charge is 0.485 e. The second-order valence-electron chi connectivity index (χ2n) is 4.92. The summed E-state index contributed by atoms with van der Waals surface area (Å²) in [4.78, 5) is 0. The number of nitriles is 1. The quantitative estimate of drug-likeness (QED) is 0.373. The van der Waals surface area contributed by atoms with E-state index in [1.807, 2.05) is 0 Å². The number of nitrogens with one attached hydrogen (secondary N) is 1. The number of aliphatic hydroxyl groups is 1. The third-order valence-corrected chi connectivity index (χ3v) is 3.38. The zero-order valence-electron chi connectivity index (χ0n) is 11.5. The summed E-state index contributed by atoms with van der Waals surface area (Å²) in [6, 6.07) is 6.67. The average Bonchev–Trinajstić information content (AvgIpc) is 2.34. The van der Waals surface area contributed by atoms with E-state index in [9.17, 15) is 5.11 Å². The Hall–Kier alpha value is 0.216. The third-order valence-electron chi connectivity index (χ3n) is 3.15. The minimum absolute atomic E-state index is 0. The van der Waals surface area contributed by atoms with Crippen LogP contribution in [0.2, 0.25) is 0 Å². The fourth-order valence-corrected chi connectivity index (χ4v) is 2.41. The average molecular weight is 332 g/mol. The van der Waals surface area contributed by atoms with Crippen molar-refractivity contribution >= 4 is 29.2 Å². The van der Waals surface area contributed by atoms with Crippen LogP contribution in [0, 0.1) is 11.3 Å². The van der Waals surface area contributed by atoms with E-state index < -0.39 is 17.7 Å². The zero-order chi connectivity index (χ0) is 14.2. The molecule has 1 aromatic carbocycles. The summed E-state index contributed by atoms with van der Waals surface area (Å²) >= 11 is 9.76. The van der Waals surface area contributed by atoms with Gasteiger partial charge in [-0.15, -0.1) is 0 Å². The zero-order valence-corrected chi connectivity index (χ0v) is 16.3. The molecular formula is C13H13KN2O2S2. The van der Waals surface area contributed by atoms with Crippen LogP contribution in [0.4, 0.5) is 0 Å². The van der Waals surface area contributed by atoms with E-state index in [4.69, 9.17) is 34.8 Å². The number of ether oxygens (including phenoxy) is 1. The first-order valence-electron chi connectivity index (χ1n) is 5.74. The van der Waals surface area contributed by atoms with Gasteiger partial charge in [0.2, 0.25) is 0 Å². The van der Waals surface area contributed by atoms with Gasteiger partial charge in [0.1, 0.15) is 17.5 Å². The van der Waals surface area contributed by atoms with E-state index in [1.54, 1.807) is 32.0 Å². The number of hydrogen-bond donors (Lipinski definition) is 2. The Balaban J connectivity index is 0.00000200. The predicted octanol–water partition coefficient (Wildman–Crippen LogP) is -1.44. The Kier molecular flexibility index (Phi) is 6.38. The van der Waals surface area contributed by atoms with Gasteiger partial charge in [0.05, 0.1) is 17.7 Å². The van der Waals surface area contributed by atoms with Crippen molar-refractivity contribution in [2.45, 2.75) is 31.6 Å². The van der Waals surface area contributed by atoms with Crippen LogP contribution in [-0.2, 0) is 12.6 Å². The van der Waals surface area contributed by atoms with Gasteiger partial charge in [-0.1, -0.05) is 4.32 Å². The molecule has 0 saturated carbocycles. The van der Waals surface area contributed by atoms with Gasteiger partial charge in [0.25, 0.3) is 0 Å². The second-order valence-corrected chi connectivity index (χ2v) is 6.00. The molecule has 0 aromatic heterocycles. The van der Waals surface area contributed by atoms with Crippen molar-refractivity contribution in [1.29, 1.82) is 5.26 Å². The monoisotopic (exact) mass is 332 g/mol. The Labute approximate surface area is 171 Å². The molecule has 0 amide bonds. The molecular weight excluding hydrogens is 319 g/mol. The van der Waals surface area contributed by atoms with Crippen LogP contribution in [0.15, 0.2) is 18.2 Å². The molecule has 2 rings (SSSR count). The molecule has 20 heavy (non-hydrogen) atoms. The van der Waals surface area contributed by atoms with Gasteiger partial charge in [-0.3, -0.25) is 0 Å². The molecule has 0 spiro atoms. The first kappa shape index (κ1) is 18.3. The normalized spacial score (nSPS) is 22.5. The van der Waals surface area contributed by atoms with E-state index in [-0.39, 0.29) is 55.7 Å². The summed E-state index contributed by atoms with van der Waals surface area (Å²) in [6.07, 6.45) is -0.824. The largest absolute Gasteiger partial charge is 1.00 e. The molecule has 0 saturated heterocycles. The number of fused-ring (bicyclic) bond motifs is 1. The van der Waals surface area contributed by atoms with Crippen molar-refractivity contribution in [3.63, 3.8) is 0 Å². The van der Waals surface area contributed by atoms with Gasteiger partial charge in [0, 0.05) is 5.56 Å². The van der Waals surface area contributed by atoms with Crippen molar-refractivity contribution in [3.8, 4) is 11.8 Å². The van der Waals surface area contributed by atoms with Gasteiger partial charge >= 0.3 is 51.4 Å². The maximum atomic E-state index is 10.4. The number of thiocarbonyl (C=S) groups is 1. The van der Waals surface area contributed by atoms with Crippen molar-refractivity contribution < 1.29 is 61.2 Å². The molecule has 0 bridgehead atoms. The molecule has 7 heteroatoms. The Morgan fingerprint density at radius 2 is 2.20 bits per heavy atom. The summed E-state index contributed by atoms with van der Waals surface area (Å²) in [5, 5.41) is 22.2. The van der Waals surface area contributed by atoms with Crippen LogP contribution in [0.5, 0.6) is 5.75 Å². The van der Waals surface area contributed by atoms with Crippen LogP contribution >= 0.6 is 12.2 Å². The number of nitrogens with zero attached hydrogens (tertiary/aromatic N) is 1. The number of rotatable bonds is 1. The van der Waals surface area contributed by atoms with Crippen LogP contribution in [0.1, 0.15) is 31.0 Å². The summed E-state index contributed by atoms with van der Waals surface area (Å²) in [6.45, 7) is 3.58. The summed E-state index contributed by atoms with van der Waals surface area (Å²) in [5.74, 6) is 0.623. The minimum Gasteiger partial charge on any atom is -0.485 e. The van der Waals surface area contributed by atoms with E-state index in [0.717, 1.165) is 0 Å². The first-order chi connectivity index (χ1) is 8.85. The van der Waals surface area contributed by atoms with Crippen molar-refractivity contribution in [2.24, 2.45) is 0 Å². The molecule has 100 valence electrons. The van der Waals surface area contributed by atoms with Gasteiger partial charge in [-0.25, -0.2) is 0 Å². The van der Waals surface area contributed by atoms with Gasteiger partial charge in [-0.05, 0) is 32.0 Å². The van der Waals surface area contributed by atoms with E-state index in [1.165, 1.54) is 0 Å². The first-order valence-corrected chi connectivity index (χ1v) is 6.55. The topological polar surface area (TPSA) is 65.3 Å². The second kappa shape index (κ2) is 6.98. The maximum Gasteiger partial charge on any atom is 1.00 e. The summed E-state index contributed by atoms with van der Waals surface area (Å²) in [5.41, 5.74) is 0.424. The molecule has 2 N–H and O–H groups in total. The molecule has 1 aliphatic heterocycles. The number of benzene rings is 1. The molecule has 0 aliphatic carbocycles. The van der Waals surface area contributed by atoms with Crippen molar-refractivity contribution in [1.82, 2.24) is 5.32 Å². The van der Waals surface area contributed by atoms with Crippen molar-refractivity contribution in [3.05, 3.63) is 29.3 Å². The van der Waals surface area contributed by atoms with Gasteiger partial charge < -0.3 is 40.0 Å². The molecule has 2 unspecified atom stereocenters. The third kappa shape index (κ3) is 3.70. The molecule has 4 nitrogen and oxygen atoms in total. The van der Waals surface area contributed by atoms with Crippen LogP contribution < -0.4 is 61.4 Å². The van der Waals surface area contributed by atoms with E-state index in [0.29, 0.717) is 16.9 Å². The molecule has 1 aromatic rings. The fraction of sp³-hybridized carbons (Fsp3) is 0.385. The minimum atomic E-state index is -0.824. The fourth-order valence-electron chi connectivity index (χ4n) is 2.15. The van der Waals surface area contributed by atoms with Crippen LogP contribution in [0.3, 0.4) is 0 Å².